The molecule has 0 saturated heterocycles. The van der Waals surface area contributed by atoms with Gasteiger partial charge in [0, 0.05) is 5.56 Å². The van der Waals surface area contributed by atoms with Gasteiger partial charge in [0.25, 0.3) is 15.9 Å². The first kappa shape index (κ1) is 33.1. The fourth-order valence-electron chi connectivity index (χ4n) is 3.96. The van der Waals surface area contributed by atoms with Crippen LogP contribution in [0.1, 0.15) is 48.1 Å². The van der Waals surface area contributed by atoms with E-state index in [9.17, 15) is 44.7 Å². The number of aryl methyl sites for hydroxylation is 1. The van der Waals surface area contributed by atoms with E-state index in [2.05, 4.69) is 25.1 Å². The summed E-state index contributed by atoms with van der Waals surface area (Å²) in [7, 11) is -4.18. The summed E-state index contributed by atoms with van der Waals surface area (Å²) in [5.74, 6) is -1.66. The zero-order valence-corrected chi connectivity index (χ0v) is 24.9. The SMILES string of the molecule is CCOc1cc(-c2cc(C(F)(F)F)n3ncc(C(=O)Nc4nc(C)c(S(=O)(=O)NC(C)(C)CO)s4)c3n2)ccc1C(F)(F)F. The van der Waals surface area contributed by atoms with E-state index in [0.717, 1.165) is 18.3 Å². The van der Waals surface area contributed by atoms with E-state index >= 15 is 0 Å². The second kappa shape index (κ2) is 11.6. The van der Waals surface area contributed by atoms with Crippen LogP contribution in [0, 0.1) is 6.92 Å². The van der Waals surface area contributed by atoms with Gasteiger partial charge in [-0.1, -0.05) is 17.4 Å². The second-order valence-electron chi connectivity index (χ2n) is 9.95. The van der Waals surface area contributed by atoms with Crippen molar-refractivity contribution in [2.75, 3.05) is 18.5 Å². The Kier molecular flexibility index (Phi) is 8.73. The molecule has 0 bridgehead atoms. The van der Waals surface area contributed by atoms with Crippen LogP contribution >= 0.6 is 11.3 Å². The summed E-state index contributed by atoms with van der Waals surface area (Å²) in [5, 5.41) is 15.1. The number of ether oxygens (including phenoxy) is 1. The molecule has 0 unspecified atom stereocenters. The third-order valence-electron chi connectivity index (χ3n) is 5.91. The Morgan fingerprint density at radius 3 is 2.36 bits per heavy atom. The number of benzene rings is 1. The number of fused-ring (bicyclic) bond motifs is 1. The Labute approximate surface area is 250 Å². The summed E-state index contributed by atoms with van der Waals surface area (Å²) < 4.78 is 116. The molecule has 44 heavy (non-hydrogen) atoms. The van der Waals surface area contributed by atoms with Crippen molar-refractivity contribution in [1.82, 2.24) is 24.3 Å². The number of aliphatic hydroxyl groups excluding tert-OH is 1. The van der Waals surface area contributed by atoms with Crippen LogP contribution in [0.2, 0.25) is 0 Å². The summed E-state index contributed by atoms with van der Waals surface area (Å²) in [4.78, 5) is 21.3. The lowest BCUT2D eigenvalue weighted by molar-refractivity contribution is -0.142. The van der Waals surface area contributed by atoms with Gasteiger partial charge in [0.15, 0.2) is 20.7 Å². The van der Waals surface area contributed by atoms with Gasteiger partial charge in [-0.15, -0.1) is 0 Å². The number of alkyl halides is 6. The van der Waals surface area contributed by atoms with E-state index in [1.54, 1.807) is 0 Å². The van der Waals surface area contributed by atoms with Crippen molar-refractivity contribution in [3.05, 3.63) is 53.0 Å². The van der Waals surface area contributed by atoms with Crippen LogP contribution in [-0.2, 0) is 22.4 Å². The van der Waals surface area contributed by atoms with Crippen molar-refractivity contribution in [2.45, 2.75) is 49.8 Å². The van der Waals surface area contributed by atoms with Gasteiger partial charge in [0.1, 0.15) is 11.3 Å². The molecule has 238 valence electrons. The molecule has 3 N–H and O–H groups in total. The third-order valence-corrected chi connectivity index (χ3v) is 9.29. The number of hydrogen-bond acceptors (Lipinski definition) is 9. The number of anilines is 1. The number of nitrogens with zero attached hydrogens (tertiary/aromatic N) is 4. The van der Waals surface area contributed by atoms with E-state index in [1.807, 2.05) is 0 Å². The molecule has 4 rings (SSSR count). The molecule has 1 aromatic carbocycles. The average molecular weight is 667 g/mol. The Morgan fingerprint density at radius 1 is 1.09 bits per heavy atom. The maximum absolute atomic E-state index is 14.0. The minimum Gasteiger partial charge on any atom is -0.493 e. The zero-order valence-electron chi connectivity index (χ0n) is 23.3. The van der Waals surface area contributed by atoms with Crippen molar-refractivity contribution in [3.8, 4) is 17.0 Å². The minimum atomic E-state index is -5.02. The number of rotatable bonds is 9. The molecule has 0 fully saturated rings. The van der Waals surface area contributed by atoms with Gasteiger partial charge in [0.05, 0.1) is 41.9 Å². The first-order valence-electron chi connectivity index (χ1n) is 12.5. The van der Waals surface area contributed by atoms with Gasteiger partial charge in [0.2, 0.25) is 0 Å². The topological polar surface area (TPSA) is 148 Å². The highest BCUT2D eigenvalue weighted by Gasteiger charge is 2.37. The molecular weight excluding hydrogens is 642 g/mol. The highest BCUT2D eigenvalue weighted by atomic mass is 32.2. The Morgan fingerprint density at radius 2 is 1.77 bits per heavy atom. The number of hydrogen-bond donors (Lipinski definition) is 3. The monoisotopic (exact) mass is 666 g/mol. The summed E-state index contributed by atoms with van der Waals surface area (Å²) in [6.45, 7) is 4.99. The second-order valence-corrected chi connectivity index (χ2v) is 12.8. The van der Waals surface area contributed by atoms with E-state index < -0.39 is 74.3 Å². The fraction of sp³-hybridized carbons (Fsp3) is 0.360. The van der Waals surface area contributed by atoms with Crippen molar-refractivity contribution in [2.24, 2.45) is 0 Å². The number of aliphatic hydroxyl groups is 1. The number of sulfonamides is 1. The van der Waals surface area contributed by atoms with Crippen LogP contribution in [0.15, 0.2) is 34.7 Å². The standard InChI is InChI=1S/C25H24F6N6O5S2/c1-5-42-17-8-13(6-7-15(17)24(26,27)28)16-9-18(25(29,30)31)37-19(34-16)14(10-32-37)20(39)35-22-33-12(2)21(43-22)44(40,41)36-23(3,4)11-38/h6-10,36,38H,5,11H2,1-4H3,(H,33,35,39). The van der Waals surface area contributed by atoms with Crippen molar-refractivity contribution >= 4 is 38.0 Å². The largest absolute Gasteiger partial charge is 0.493 e. The zero-order chi connectivity index (χ0) is 32.8. The van der Waals surface area contributed by atoms with E-state index in [0.29, 0.717) is 28.0 Å². The van der Waals surface area contributed by atoms with Gasteiger partial charge in [-0.2, -0.15) is 31.4 Å². The fourth-order valence-corrected chi connectivity index (χ4v) is 6.77. The van der Waals surface area contributed by atoms with Gasteiger partial charge in [-0.25, -0.2) is 27.6 Å². The van der Waals surface area contributed by atoms with E-state index in [1.165, 1.54) is 27.7 Å². The van der Waals surface area contributed by atoms with Gasteiger partial charge in [-0.05, 0) is 45.9 Å². The Balaban J connectivity index is 1.77. The molecule has 0 saturated carbocycles. The maximum atomic E-state index is 14.0. The van der Waals surface area contributed by atoms with Crippen LogP contribution in [0.5, 0.6) is 5.75 Å². The minimum absolute atomic E-state index is 0.00132. The van der Waals surface area contributed by atoms with Crippen LogP contribution in [0.4, 0.5) is 31.5 Å². The lowest BCUT2D eigenvalue weighted by Crippen LogP contribution is -2.46. The first-order valence-corrected chi connectivity index (χ1v) is 14.8. The number of nitrogens with one attached hydrogen (secondary N) is 2. The summed E-state index contributed by atoms with van der Waals surface area (Å²) in [6.07, 6.45) is -9.01. The van der Waals surface area contributed by atoms with E-state index in [-0.39, 0.29) is 27.2 Å². The number of amides is 1. The predicted octanol–water partition coefficient (Wildman–Crippen LogP) is 4.90. The lowest BCUT2D eigenvalue weighted by Gasteiger charge is -2.22. The first-order chi connectivity index (χ1) is 20.3. The average Bonchev–Trinajstić information content (AvgIpc) is 3.50. The number of aromatic nitrogens is 4. The van der Waals surface area contributed by atoms with Gasteiger partial charge >= 0.3 is 12.4 Å². The van der Waals surface area contributed by atoms with Gasteiger partial charge in [-0.3, -0.25) is 10.1 Å². The van der Waals surface area contributed by atoms with Crippen LogP contribution in [0.25, 0.3) is 16.9 Å². The van der Waals surface area contributed by atoms with Crippen LogP contribution in [0.3, 0.4) is 0 Å². The molecule has 1 amide bonds. The van der Waals surface area contributed by atoms with Crippen molar-refractivity contribution < 1.29 is 49.4 Å². The Bertz CT molecular complexity index is 1830. The molecule has 19 heteroatoms. The molecule has 0 radical (unpaired) electrons. The summed E-state index contributed by atoms with van der Waals surface area (Å²) in [5.41, 5.74) is -5.37. The van der Waals surface area contributed by atoms with Crippen molar-refractivity contribution in [1.29, 1.82) is 0 Å². The molecule has 3 heterocycles. The number of carbonyl (C=O) groups is 1. The lowest BCUT2D eigenvalue weighted by atomic mass is 10.1. The molecule has 0 atom stereocenters. The summed E-state index contributed by atoms with van der Waals surface area (Å²) >= 11 is 0.557. The molecule has 4 aromatic rings. The number of carbonyl (C=O) groups excluding carboxylic acids is 1. The number of halogens is 6. The highest BCUT2D eigenvalue weighted by Crippen LogP contribution is 2.40. The highest BCUT2D eigenvalue weighted by molar-refractivity contribution is 7.91. The third kappa shape index (κ3) is 6.79. The van der Waals surface area contributed by atoms with Crippen LogP contribution < -0.4 is 14.8 Å². The quantitative estimate of drug-likeness (QED) is 0.214. The molecule has 0 aliphatic carbocycles. The van der Waals surface area contributed by atoms with Crippen LogP contribution in [-0.4, -0.2) is 57.8 Å². The molecule has 0 aliphatic heterocycles. The molecule has 11 nitrogen and oxygen atoms in total. The predicted molar refractivity (Wildman–Crippen MR) is 146 cm³/mol. The maximum Gasteiger partial charge on any atom is 0.433 e. The smallest absolute Gasteiger partial charge is 0.433 e. The van der Waals surface area contributed by atoms with E-state index in [4.69, 9.17) is 4.74 Å². The molecular formula is C25H24F6N6O5S2. The van der Waals surface area contributed by atoms with Crippen molar-refractivity contribution in [3.63, 3.8) is 0 Å². The molecule has 0 spiro atoms. The van der Waals surface area contributed by atoms with Gasteiger partial charge < -0.3 is 9.84 Å². The molecule has 3 aromatic heterocycles. The molecule has 0 aliphatic rings. The normalized spacial score (nSPS) is 13.0. The Hall–Kier alpha value is -3.81. The number of thiazole rings is 1. The summed E-state index contributed by atoms with van der Waals surface area (Å²) in [6, 6.07) is 3.04.